The van der Waals surface area contributed by atoms with Gasteiger partial charge in [0.15, 0.2) is 0 Å². The molecule has 0 aliphatic carbocycles. The van der Waals surface area contributed by atoms with E-state index in [2.05, 4.69) is 14.5 Å². The first-order valence-corrected chi connectivity index (χ1v) is 10.3. The Morgan fingerprint density at radius 2 is 1.75 bits per heavy atom. The van der Waals surface area contributed by atoms with Crippen LogP contribution in [0.15, 0.2) is 30.6 Å². The van der Waals surface area contributed by atoms with Gasteiger partial charge in [0, 0.05) is 25.2 Å². The third-order valence-electron chi connectivity index (χ3n) is 5.37. The molecule has 0 radical (unpaired) electrons. The van der Waals surface area contributed by atoms with Crippen molar-refractivity contribution in [2.75, 3.05) is 19.6 Å². The number of aromatic nitrogens is 2. The predicted molar refractivity (Wildman–Crippen MR) is 106 cm³/mol. The van der Waals surface area contributed by atoms with Crippen LogP contribution in [-0.4, -0.2) is 62.1 Å². The van der Waals surface area contributed by atoms with Crippen LogP contribution in [-0.2, 0) is 24.4 Å². The van der Waals surface area contributed by atoms with Crippen molar-refractivity contribution in [1.29, 1.82) is 0 Å². The third kappa shape index (κ3) is 6.06. The number of carbonyl (C=O) groups excluding carboxylic acids is 1. The zero-order valence-corrected chi connectivity index (χ0v) is 17.3. The lowest BCUT2D eigenvalue weighted by Gasteiger charge is -2.21. The Morgan fingerprint density at radius 1 is 1.06 bits per heavy atom. The summed E-state index contributed by atoms with van der Waals surface area (Å²) in [4.78, 5) is 30.6. The maximum absolute atomic E-state index is 13.5. The van der Waals surface area contributed by atoms with Gasteiger partial charge in [-0.05, 0) is 50.6 Å². The number of hydrogen-bond donors (Lipinski definition) is 1. The summed E-state index contributed by atoms with van der Waals surface area (Å²) in [6, 6.07) is 5.94. The number of benzene rings is 1. The summed E-state index contributed by atoms with van der Waals surface area (Å²) >= 11 is 0. The van der Waals surface area contributed by atoms with E-state index in [-0.39, 0.29) is 11.7 Å². The average Bonchev–Trinajstić information content (AvgIpc) is 3.32. The summed E-state index contributed by atoms with van der Waals surface area (Å²) in [5.41, 5.74) is 2.60. The van der Waals surface area contributed by atoms with Gasteiger partial charge in [0.1, 0.15) is 5.82 Å². The van der Waals surface area contributed by atoms with Crippen molar-refractivity contribution in [2.24, 2.45) is 0 Å². The van der Waals surface area contributed by atoms with Gasteiger partial charge < -0.3 is 14.6 Å². The lowest BCUT2D eigenvalue weighted by Crippen LogP contribution is -2.31. The molecule has 3 heterocycles. The number of amides is 1. The SMILES string of the molecule is O=C(O)C(F)(F)F.O=C(c1cccc(F)c1)N1CCCn2cnc(CN3CCCC3)c2C1. The van der Waals surface area contributed by atoms with Crippen molar-refractivity contribution in [3.8, 4) is 0 Å². The highest BCUT2D eigenvalue weighted by molar-refractivity contribution is 5.94. The summed E-state index contributed by atoms with van der Waals surface area (Å²) in [6.45, 7) is 5.19. The fraction of sp³-hybridized carbons (Fsp3) is 0.476. The molecule has 1 N–H and O–H groups in total. The second-order valence-electron chi connectivity index (χ2n) is 7.71. The predicted octanol–water partition coefficient (Wildman–Crippen LogP) is 3.30. The summed E-state index contributed by atoms with van der Waals surface area (Å²) in [7, 11) is 0. The Morgan fingerprint density at radius 3 is 2.38 bits per heavy atom. The maximum atomic E-state index is 13.5. The van der Waals surface area contributed by atoms with E-state index in [1.165, 1.54) is 25.0 Å². The molecule has 32 heavy (non-hydrogen) atoms. The molecule has 174 valence electrons. The summed E-state index contributed by atoms with van der Waals surface area (Å²) in [5, 5.41) is 7.12. The number of carboxylic acid groups (broad SMARTS) is 1. The number of alkyl halides is 3. The molecule has 0 atom stereocenters. The van der Waals surface area contributed by atoms with E-state index in [4.69, 9.17) is 9.90 Å². The largest absolute Gasteiger partial charge is 0.490 e. The summed E-state index contributed by atoms with van der Waals surface area (Å²) in [5.74, 6) is -3.24. The number of rotatable bonds is 3. The van der Waals surface area contributed by atoms with Gasteiger partial charge in [-0.1, -0.05) is 6.07 Å². The first kappa shape index (κ1) is 23.7. The fourth-order valence-electron chi connectivity index (χ4n) is 3.78. The second-order valence-corrected chi connectivity index (χ2v) is 7.71. The summed E-state index contributed by atoms with van der Waals surface area (Å²) in [6.07, 6.45) is 0.199. The minimum absolute atomic E-state index is 0.110. The maximum Gasteiger partial charge on any atom is 0.490 e. The highest BCUT2D eigenvalue weighted by Gasteiger charge is 2.38. The van der Waals surface area contributed by atoms with Crippen molar-refractivity contribution in [1.82, 2.24) is 19.4 Å². The fourth-order valence-corrected chi connectivity index (χ4v) is 3.78. The lowest BCUT2D eigenvalue weighted by atomic mass is 10.2. The van der Waals surface area contributed by atoms with E-state index in [9.17, 15) is 22.4 Å². The monoisotopic (exact) mass is 456 g/mol. The van der Waals surface area contributed by atoms with Gasteiger partial charge >= 0.3 is 12.1 Å². The number of likely N-dealkylation sites (tertiary alicyclic amines) is 1. The molecule has 11 heteroatoms. The molecular weight excluding hydrogens is 432 g/mol. The number of fused-ring (bicyclic) bond motifs is 1. The van der Waals surface area contributed by atoms with E-state index >= 15 is 0 Å². The Labute approximate surface area is 182 Å². The normalized spacial score (nSPS) is 16.7. The van der Waals surface area contributed by atoms with E-state index in [0.717, 1.165) is 44.0 Å². The number of carbonyl (C=O) groups is 2. The Balaban J connectivity index is 0.000000360. The minimum Gasteiger partial charge on any atom is -0.475 e. The van der Waals surface area contributed by atoms with Crippen LogP contribution in [0.25, 0.3) is 0 Å². The van der Waals surface area contributed by atoms with Crippen LogP contribution in [0.3, 0.4) is 0 Å². The third-order valence-corrected chi connectivity index (χ3v) is 5.37. The molecule has 7 nitrogen and oxygen atoms in total. The van der Waals surface area contributed by atoms with Crippen LogP contribution in [0, 0.1) is 5.82 Å². The highest BCUT2D eigenvalue weighted by atomic mass is 19.4. The van der Waals surface area contributed by atoms with Crippen LogP contribution in [0.2, 0.25) is 0 Å². The summed E-state index contributed by atoms with van der Waals surface area (Å²) < 4.78 is 47.4. The molecule has 1 amide bonds. The number of halogens is 4. The zero-order valence-electron chi connectivity index (χ0n) is 17.3. The molecule has 1 aromatic carbocycles. The molecule has 1 aromatic heterocycles. The molecule has 0 spiro atoms. The number of aryl methyl sites for hydroxylation is 1. The van der Waals surface area contributed by atoms with Gasteiger partial charge in [0.05, 0.1) is 24.3 Å². The van der Waals surface area contributed by atoms with Crippen LogP contribution < -0.4 is 0 Å². The van der Waals surface area contributed by atoms with Gasteiger partial charge in [0.2, 0.25) is 0 Å². The zero-order chi connectivity index (χ0) is 23.3. The second kappa shape index (κ2) is 10.1. The van der Waals surface area contributed by atoms with Crippen LogP contribution in [0.4, 0.5) is 17.6 Å². The molecule has 2 aliphatic heterocycles. The average molecular weight is 456 g/mol. The standard InChI is InChI=1S/C19H23FN4O.C2HF3O2/c20-16-6-3-5-15(11-16)19(25)23-9-4-10-24-14-21-17(18(24)13-23)12-22-7-1-2-8-22;3-2(4,5)1(6)7/h3,5-6,11,14H,1-2,4,7-10,12-13H2;(H,6,7). The molecular formula is C21H24F4N4O3. The molecule has 0 saturated carbocycles. The number of aliphatic carboxylic acids is 1. The van der Waals surface area contributed by atoms with Gasteiger partial charge in [-0.25, -0.2) is 14.2 Å². The first-order valence-electron chi connectivity index (χ1n) is 10.3. The quantitative estimate of drug-likeness (QED) is 0.718. The van der Waals surface area contributed by atoms with Gasteiger partial charge in [0.25, 0.3) is 5.91 Å². The van der Waals surface area contributed by atoms with Crippen molar-refractivity contribution < 1.29 is 32.3 Å². The molecule has 0 unspecified atom stereocenters. The van der Waals surface area contributed by atoms with Gasteiger partial charge in [-0.15, -0.1) is 0 Å². The number of imidazole rings is 1. The van der Waals surface area contributed by atoms with Crippen molar-refractivity contribution in [3.63, 3.8) is 0 Å². The van der Waals surface area contributed by atoms with E-state index < -0.39 is 12.1 Å². The molecule has 2 aromatic rings. The van der Waals surface area contributed by atoms with Gasteiger partial charge in [-0.3, -0.25) is 9.69 Å². The smallest absolute Gasteiger partial charge is 0.475 e. The van der Waals surface area contributed by atoms with Crippen LogP contribution >= 0.6 is 0 Å². The van der Waals surface area contributed by atoms with E-state index in [1.807, 2.05) is 11.2 Å². The van der Waals surface area contributed by atoms with Crippen molar-refractivity contribution >= 4 is 11.9 Å². The van der Waals surface area contributed by atoms with Crippen molar-refractivity contribution in [2.45, 2.75) is 45.1 Å². The number of hydrogen-bond acceptors (Lipinski definition) is 4. The number of nitrogens with zero attached hydrogens (tertiary/aromatic N) is 4. The van der Waals surface area contributed by atoms with E-state index in [1.54, 1.807) is 12.1 Å². The Hall–Kier alpha value is -2.95. The van der Waals surface area contributed by atoms with Crippen LogP contribution in [0.1, 0.15) is 41.0 Å². The highest BCUT2D eigenvalue weighted by Crippen LogP contribution is 2.21. The Kier molecular flexibility index (Phi) is 7.49. The molecule has 4 rings (SSSR count). The van der Waals surface area contributed by atoms with Crippen LogP contribution in [0.5, 0.6) is 0 Å². The van der Waals surface area contributed by atoms with Crippen molar-refractivity contribution in [3.05, 3.63) is 53.4 Å². The van der Waals surface area contributed by atoms with E-state index in [0.29, 0.717) is 18.7 Å². The first-order chi connectivity index (χ1) is 15.1. The molecule has 1 fully saturated rings. The number of carboxylic acids is 1. The van der Waals surface area contributed by atoms with Gasteiger partial charge in [-0.2, -0.15) is 13.2 Å². The molecule has 0 bridgehead atoms. The molecule has 2 aliphatic rings. The lowest BCUT2D eigenvalue weighted by molar-refractivity contribution is -0.192. The minimum atomic E-state index is -5.08. The molecule has 1 saturated heterocycles. The topological polar surface area (TPSA) is 78.7 Å². The Bertz CT molecular complexity index is 955.